The van der Waals surface area contributed by atoms with Gasteiger partial charge >= 0.3 is 0 Å². The van der Waals surface area contributed by atoms with E-state index < -0.39 is 0 Å². The monoisotopic (exact) mass is 513 g/mol. The van der Waals surface area contributed by atoms with Gasteiger partial charge in [-0.05, 0) is 61.9 Å². The lowest BCUT2D eigenvalue weighted by Crippen LogP contribution is -2.27. The highest BCUT2D eigenvalue weighted by atomic mass is 35.5. The van der Waals surface area contributed by atoms with E-state index in [4.69, 9.17) is 28.6 Å². The number of ether oxygens (including phenoxy) is 1. The Morgan fingerprint density at radius 1 is 1.03 bits per heavy atom. The highest BCUT2D eigenvalue weighted by Crippen LogP contribution is 2.47. The molecule has 1 atom stereocenters. The molecule has 7 heteroatoms. The number of carbonyl (C=O) groups is 1. The average Bonchev–Trinajstić information content (AvgIpc) is 2.83. The van der Waals surface area contributed by atoms with E-state index in [2.05, 4.69) is 18.7 Å². The smallest absolute Gasteiger partial charge is 0.164 e. The molecule has 3 aromatic carbocycles. The van der Waals surface area contributed by atoms with Crippen molar-refractivity contribution in [1.29, 1.82) is 0 Å². The van der Waals surface area contributed by atoms with Crippen LogP contribution in [-0.2, 0) is 0 Å². The van der Waals surface area contributed by atoms with Crippen LogP contribution >= 0.6 is 47.3 Å². The predicted octanol–water partition coefficient (Wildman–Crippen LogP) is 8.27. The summed E-state index contributed by atoms with van der Waals surface area (Å²) in [5, 5.41) is 0.579. The maximum Gasteiger partial charge on any atom is 0.164 e. The number of rotatable bonds is 7. The third-order valence-electron chi connectivity index (χ3n) is 5.43. The molecule has 33 heavy (non-hydrogen) atoms. The second-order valence-electron chi connectivity index (χ2n) is 7.54. The van der Waals surface area contributed by atoms with Crippen LogP contribution in [0.5, 0.6) is 11.5 Å². The summed E-state index contributed by atoms with van der Waals surface area (Å²) in [6.07, 6.45) is 0.342. The Kier molecular flexibility index (Phi) is 8.02. The molecule has 0 amide bonds. The number of hydrogen-bond donors (Lipinski definition) is 0. The van der Waals surface area contributed by atoms with Crippen molar-refractivity contribution < 1.29 is 9.53 Å². The molecular formula is C26H24ClNO2S3. The quantitative estimate of drug-likeness (QED) is 0.182. The first-order chi connectivity index (χ1) is 16.0. The number of carbonyl (C=O) groups excluding carboxylic acids is 1. The van der Waals surface area contributed by atoms with Crippen LogP contribution in [0, 0.1) is 0 Å². The van der Waals surface area contributed by atoms with Crippen LogP contribution in [0.2, 0.25) is 5.02 Å². The van der Waals surface area contributed by atoms with Gasteiger partial charge in [-0.2, -0.15) is 0 Å². The second-order valence-corrected chi connectivity index (χ2v) is 10.9. The van der Waals surface area contributed by atoms with Gasteiger partial charge in [-0.1, -0.05) is 71.6 Å². The summed E-state index contributed by atoms with van der Waals surface area (Å²) in [5.74, 6) is 1.70. The van der Waals surface area contributed by atoms with Crippen molar-refractivity contribution in [1.82, 2.24) is 4.90 Å². The number of ketones is 1. The maximum atomic E-state index is 13.4. The number of benzene rings is 3. The van der Waals surface area contributed by atoms with Gasteiger partial charge in [-0.3, -0.25) is 4.79 Å². The Labute approximate surface area is 213 Å². The van der Waals surface area contributed by atoms with E-state index in [0.29, 0.717) is 17.0 Å². The molecule has 1 heterocycles. The van der Waals surface area contributed by atoms with Crippen molar-refractivity contribution in [3.8, 4) is 11.5 Å². The van der Waals surface area contributed by atoms with Gasteiger partial charge in [0.25, 0.3) is 0 Å². The number of thioether (sulfide) groups is 1. The summed E-state index contributed by atoms with van der Waals surface area (Å²) in [4.78, 5) is 17.5. The Hall–Kier alpha value is -1.99. The summed E-state index contributed by atoms with van der Waals surface area (Å²) in [7, 11) is 0. The Morgan fingerprint density at radius 3 is 2.45 bits per heavy atom. The van der Waals surface area contributed by atoms with E-state index in [1.807, 2.05) is 66.7 Å². The van der Waals surface area contributed by atoms with Crippen LogP contribution in [0.15, 0.2) is 76.5 Å². The van der Waals surface area contributed by atoms with Gasteiger partial charge in [-0.25, -0.2) is 0 Å². The third kappa shape index (κ3) is 5.75. The van der Waals surface area contributed by atoms with Crippen molar-refractivity contribution in [2.75, 3.05) is 13.1 Å². The van der Waals surface area contributed by atoms with Gasteiger partial charge in [0.2, 0.25) is 0 Å². The zero-order valence-electron chi connectivity index (χ0n) is 18.4. The van der Waals surface area contributed by atoms with Crippen LogP contribution in [-0.4, -0.2) is 28.1 Å². The molecule has 0 saturated carbocycles. The molecule has 3 aromatic rings. The first kappa shape index (κ1) is 24.1. The van der Waals surface area contributed by atoms with Crippen molar-refractivity contribution in [2.45, 2.75) is 35.3 Å². The Balaban J connectivity index is 1.55. The largest absolute Gasteiger partial charge is 0.455 e. The molecule has 3 nitrogen and oxygen atoms in total. The Bertz CT molecular complexity index is 1160. The fourth-order valence-corrected chi connectivity index (χ4v) is 6.47. The minimum Gasteiger partial charge on any atom is -0.455 e. The molecule has 1 unspecified atom stereocenters. The highest BCUT2D eigenvalue weighted by molar-refractivity contribution is 8.23. The molecule has 0 aromatic heterocycles. The lowest BCUT2D eigenvalue weighted by atomic mass is 10.0. The summed E-state index contributed by atoms with van der Waals surface area (Å²) in [5.41, 5.74) is 1.72. The molecule has 4 rings (SSSR count). The van der Waals surface area contributed by atoms with Gasteiger partial charge in [0.05, 0.1) is 9.79 Å². The van der Waals surface area contributed by atoms with Gasteiger partial charge < -0.3 is 9.64 Å². The normalized spacial score (nSPS) is 12.8. The number of fused-ring (bicyclic) bond motifs is 2. The highest BCUT2D eigenvalue weighted by Gasteiger charge is 2.24. The van der Waals surface area contributed by atoms with E-state index in [1.54, 1.807) is 23.5 Å². The topological polar surface area (TPSA) is 29.5 Å². The number of hydrogen-bond acceptors (Lipinski definition) is 5. The van der Waals surface area contributed by atoms with Gasteiger partial charge in [-0.15, -0.1) is 0 Å². The van der Waals surface area contributed by atoms with E-state index in [-0.39, 0.29) is 11.0 Å². The maximum absolute atomic E-state index is 13.4. The van der Waals surface area contributed by atoms with Crippen LogP contribution in [0.3, 0.4) is 0 Å². The molecular weight excluding hydrogens is 490 g/mol. The lowest BCUT2D eigenvalue weighted by Gasteiger charge is -2.25. The van der Waals surface area contributed by atoms with E-state index in [1.165, 1.54) is 0 Å². The molecule has 0 radical (unpaired) electrons. The Morgan fingerprint density at radius 2 is 1.73 bits per heavy atom. The number of Topliss-reactive ketones (excluding diaryl/α,β-unsaturated/α-hetero) is 1. The second kappa shape index (κ2) is 11.0. The zero-order valence-corrected chi connectivity index (χ0v) is 21.6. The van der Waals surface area contributed by atoms with Crippen LogP contribution in [0.25, 0.3) is 0 Å². The van der Waals surface area contributed by atoms with Crippen LogP contribution < -0.4 is 4.74 Å². The molecule has 1 aliphatic heterocycles. The summed E-state index contributed by atoms with van der Waals surface area (Å²) >= 11 is 15.0. The minimum absolute atomic E-state index is 0.0760. The minimum atomic E-state index is -0.0940. The fourth-order valence-electron chi connectivity index (χ4n) is 3.57. The lowest BCUT2D eigenvalue weighted by molar-refractivity contribution is 0.0982. The van der Waals surface area contributed by atoms with E-state index in [0.717, 1.165) is 44.3 Å². The number of nitrogens with zero attached hydrogens (tertiary/aromatic N) is 1. The van der Waals surface area contributed by atoms with Gasteiger partial charge in [0.1, 0.15) is 15.8 Å². The molecule has 0 fully saturated rings. The number of thiocarbonyl (C=S) groups is 1. The first-order valence-corrected chi connectivity index (χ1v) is 13.3. The molecule has 0 saturated heterocycles. The van der Waals surface area contributed by atoms with E-state index >= 15 is 0 Å². The third-order valence-corrected chi connectivity index (χ3v) is 8.51. The molecule has 1 aliphatic rings. The summed E-state index contributed by atoms with van der Waals surface area (Å²) in [6.45, 7) is 5.86. The molecule has 0 aliphatic carbocycles. The number of para-hydroxylation sites is 1. The molecule has 0 bridgehead atoms. The van der Waals surface area contributed by atoms with Crippen LogP contribution in [0.1, 0.15) is 41.4 Å². The summed E-state index contributed by atoms with van der Waals surface area (Å²) < 4.78 is 6.81. The zero-order chi connectivity index (χ0) is 23.4. The molecule has 0 spiro atoms. The van der Waals surface area contributed by atoms with Crippen molar-refractivity contribution in [3.05, 3.63) is 82.9 Å². The molecule has 0 N–H and O–H groups in total. The van der Waals surface area contributed by atoms with Gasteiger partial charge in [0.15, 0.2) is 5.78 Å². The van der Waals surface area contributed by atoms with Crippen molar-refractivity contribution in [2.24, 2.45) is 0 Å². The average molecular weight is 514 g/mol. The van der Waals surface area contributed by atoms with Crippen LogP contribution in [0.4, 0.5) is 0 Å². The molecule has 170 valence electrons. The number of halogens is 1. The SMILES string of the molecule is CCN(CC)C(=S)SC(CC(=O)c1ccc2c(c1)Sc1ccccc1O2)c1ccc(Cl)cc1. The standard InChI is InChI=1S/C26H24ClNO2S3/c1-3-28(4-2)26(31)33-24(17-9-12-19(27)13-10-17)16-20(29)18-11-14-22-25(15-18)32-23-8-6-5-7-21(23)30-22/h5-15,24H,3-4,16H2,1-2H3. The fraction of sp³-hybridized carbons (Fsp3) is 0.231. The van der Waals surface area contributed by atoms with E-state index in [9.17, 15) is 4.79 Å². The van der Waals surface area contributed by atoms with Gasteiger partial charge in [0, 0.05) is 35.3 Å². The summed E-state index contributed by atoms with van der Waals surface area (Å²) in [6, 6.07) is 21.3. The van der Waals surface area contributed by atoms with Crippen molar-refractivity contribution >= 4 is 57.4 Å². The van der Waals surface area contributed by atoms with Crippen molar-refractivity contribution in [3.63, 3.8) is 0 Å². The predicted molar refractivity (Wildman–Crippen MR) is 143 cm³/mol. The first-order valence-electron chi connectivity index (χ1n) is 10.8.